The van der Waals surface area contributed by atoms with Crippen LogP contribution >= 0.6 is 11.6 Å². The van der Waals surface area contributed by atoms with Gasteiger partial charge in [0.05, 0.1) is 10.6 Å². The predicted octanol–water partition coefficient (Wildman–Crippen LogP) is 1.86. The Hall–Kier alpha value is -0.670. The van der Waals surface area contributed by atoms with E-state index in [1.54, 1.807) is 12.4 Å². The highest BCUT2D eigenvalue weighted by Gasteiger charge is 2.33. The predicted molar refractivity (Wildman–Crippen MR) is 51.4 cm³/mol. The van der Waals surface area contributed by atoms with E-state index >= 15 is 0 Å². The maximum atomic E-state index is 6.16. The topological polar surface area (TPSA) is 51.8 Å². The average Bonchev–Trinajstić information content (AvgIpc) is 2.54. The average molecular weight is 198 g/mol. The largest absolute Gasteiger partial charge is 0.319 e. The van der Waals surface area contributed by atoms with Crippen molar-refractivity contribution in [2.75, 3.05) is 0 Å². The Kier molecular flexibility index (Phi) is 2.22. The molecule has 2 rings (SSSR count). The summed E-state index contributed by atoms with van der Waals surface area (Å²) in [7, 11) is 0. The molecule has 4 heteroatoms. The SMILES string of the molecule is NC1(c2ncc(Cl)cn2)CCCC1. The molecular weight excluding hydrogens is 186 g/mol. The first-order valence-electron chi connectivity index (χ1n) is 4.48. The Morgan fingerprint density at radius 3 is 2.31 bits per heavy atom. The summed E-state index contributed by atoms with van der Waals surface area (Å²) < 4.78 is 0. The Morgan fingerprint density at radius 1 is 1.23 bits per heavy atom. The van der Waals surface area contributed by atoms with Crippen LogP contribution in [0, 0.1) is 0 Å². The summed E-state index contributed by atoms with van der Waals surface area (Å²) in [6.07, 6.45) is 7.52. The molecule has 1 heterocycles. The van der Waals surface area contributed by atoms with Gasteiger partial charge in [0.1, 0.15) is 5.82 Å². The maximum absolute atomic E-state index is 6.16. The molecule has 1 saturated carbocycles. The van der Waals surface area contributed by atoms with Crippen molar-refractivity contribution in [2.45, 2.75) is 31.2 Å². The van der Waals surface area contributed by atoms with Crippen molar-refractivity contribution in [3.8, 4) is 0 Å². The van der Waals surface area contributed by atoms with Gasteiger partial charge >= 0.3 is 0 Å². The number of aromatic nitrogens is 2. The fourth-order valence-electron chi connectivity index (χ4n) is 1.80. The van der Waals surface area contributed by atoms with E-state index in [4.69, 9.17) is 17.3 Å². The first kappa shape index (κ1) is 8.91. The van der Waals surface area contributed by atoms with E-state index in [-0.39, 0.29) is 5.54 Å². The fourth-order valence-corrected chi connectivity index (χ4v) is 1.90. The lowest BCUT2D eigenvalue weighted by molar-refractivity contribution is 0.431. The minimum Gasteiger partial charge on any atom is -0.319 e. The van der Waals surface area contributed by atoms with Crippen molar-refractivity contribution < 1.29 is 0 Å². The summed E-state index contributed by atoms with van der Waals surface area (Å²) in [5.41, 5.74) is 5.86. The monoisotopic (exact) mass is 197 g/mol. The van der Waals surface area contributed by atoms with Crippen LogP contribution in [-0.4, -0.2) is 9.97 Å². The smallest absolute Gasteiger partial charge is 0.148 e. The van der Waals surface area contributed by atoms with Crippen LogP contribution in [0.3, 0.4) is 0 Å². The van der Waals surface area contributed by atoms with Gasteiger partial charge in [-0.3, -0.25) is 0 Å². The Balaban J connectivity index is 2.29. The second-order valence-corrected chi connectivity index (χ2v) is 4.02. The van der Waals surface area contributed by atoms with Crippen molar-refractivity contribution in [1.82, 2.24) is 9.97 Å². The van der Waals surface area contributed by atoms with Crippen LogP contribution in [0.25, 0.3) is 0 Å². The van der Waals surface area contributed by atoms with Gasteiger partial charge < -0.3 is 5.73 Å². The molecule has 0 spiro atoms. The van der Waals surface area contributed by atoms with Gasteiger partial charge in [-0.2, -0.15) is 0 Å². The van der Waals surface area contributed by atoms with Crippen LogP contribution in [0.15, 0.2) is 12.4 Å². The van der Waals surface area contributed by atoms with E-state index in [9.17, 15) is 0 Å². The third kappa shape index (κ3) is 1.67. The summed E-state index contributed by atoms with van der Waals surface area (Å²) in [5, 5.41) is 0.561. The van der Waals surface area contributed by atoms with Crippen molar-refractivity contribution in [3.63, 3.8) is 0 Å². The quantitative estimate of drug-likeness (QED) is 0.748. The van der Waals surface area contributed by atoms with Gasteiger partial charge in [0.15, 0.2) is 0 Å². The van der Waals surface area contributed by atoms with Gasteiger partial charge in [0.2, 0.25) is 0 Å². The van der Waals surface area contributed by atoms with Crippen LogP contribution in [0.5, 0.6) is 0 Å². The third-order valence-corrected chi connectivity index (χ3v) is 2.76. The van der Waals surface area contributed by atoms with E-state index in [1.165, 1.54) is 12.8 Å². The molecule has 1 aromatic heterocycles. The van der Waals surface area contributed by atoms with Crippen LogP contribution in [0.2, 0.25) is 5.02 Å². The van der Waals surface area contributed by atoms with Gasteiger partial charge in [-0.05, 0) is 12.8 Å². The first-order chi connectivity index (χ1) is 6.21. The Bertz CT molecular complexity index is 290. The molecule has 0 bridgehead atoms. The number of nitrogens with zero attached hydrogens (tertiary/aromatic N) is 2. The summed E-state index contributed by atoms with van der Waals surface area (Å²) in [6, 6.07) is 0. The molecular formula is C9H12ClN3. The van der Waals surface area contributed by atoms with E-state index in [2.05, 4.69) is 9.97 Å². The van der Waals surface area contributed by atoms with Gasteiger partial charge in [-0.25, -0.2) is 9.97 Å². The van der Waals surface area contributed by atoms with Crippen LogP contribution in [0.1, 0.15) is 31.5 Å². The standard InChI is InChI=1S/C9H12ClN3/c10-7-5-12-8(13-6-7)9(11)3-1-2-4-9/h5-6H,1-4,11H2. The zero-order valence-corrected chi connectivity index (χ0v) is 8.09. The molecule has 2 N–H and O–H groups in total. The zero-order chi connectivity index (χ0) is 9.31. The number of rotatable bonds is 1. The first-order valence-corrected chi connectivity index (χ1v) is 4.85. The van der Waals surface area contributed by atoms with Gasteiger partial charge in [0.25, 0.3) is 0 Å². The van der Waals surface area contributed by atoms with Crippen molar-refractivity contribution in [2.24, 2.45) is 5.73 Å². The van der Waals surface area contributed by atoms with Crippen molar-refractivity contribution in [1.29, 1.82) is 0 Å². The molecule has 0 amide bonds. The van der Waals surface area contributed by atoms with Crippen molar-refractivity contribution in [3.05, 3.63) is 23.2 Å². The van der Waals surface area contributed by atoms with Gasteiger partial charge in [-0.1, -0.05) is 24.4 Å². The highest BCUT2D eigenvalue weighted by molar-refractivity contribution is 6.30. The number of halogens is 1. The van der Waals surface area contributed by atoms with E-state index in [0.29, 0.717) is 5.02 Å². The summed E-state index contributed by atoms with van der Waals surface area (Å²) >= 11 is 5.70. The van der Waals surface area contributed by atoms with Gasteiger partial charge in [0, 0.05) is 12.4 Å². The highest BCUT2D eigenvalue weighted by Crippen LogP contribution is 2.34. The number of hydrogen-bond acceptors (Lipinski definition) is 3. The lowest BCUT2D eigenvalue weighted by atomic mass is 9.98. The minimum absolute atomic E-state index is 0.301. The molecule has 0 unspecified atom stereocenters. The molecule has 0 saturated heterocycles. The van der Waals surface area contributed by atoms with Crippen LogP contribution < -0.4 is 5.73 Å². The Morgan fingerprint density at radius 2 is 1.77 bits per heavy atom. The number of hydrogen-bond donors (Lipinski definition) is 1. The van der Waals surface area contributed by atoms with E-state index in [1.807, 2.05) is 0 Å². The maximum Gasteiger partial charge on any atom is 0.148 e. The molecule has 1 fully saturated rings. The molecule has 0 aliphatic heterocycles. The minimum atomic E-state index is -0.301. The van der Waals surface area contributed by atoms with Crippen molar-refractivity contribution >= 4 is 11.6 Å². The molecule has 0 radical (unpaired) electrons. The molecule has 0 aromatic carbocycles. The molecule has 70 valence electrons. The Labute approximate surface area is 82.3 Å². The number of nitrogens with two attached hydrogens (primary N) is 1. The fraction of sp³-hybridized carbons (Fsp3) is 0.556. The zero-order valence-electron chi connectivity index (χ0n) is 7.33. The molecule has 3 nitrogen and oxygen atoms in total. The summed E-state index contributed by atoms with van der Waals surface area (Å²) in [6.45, 7) is 0. The van der Waals surface area contributed by atoms with E-state index in [0.717, 1.165) is 18.7 Å². The second kappa shape index (κ2) is 3.24. The highest BCUT2D eigenvalue weighted by atomic mass is 35.5. The lowest BCUT2D eigenvalue weighted by Gasteiger charge is -2.20. The molecule has 13 heavy (non-hydrogen) atoms. The molecule has 1 aliphatic rings. The normalized spacial score (nSPS) is 20.5. The molecule has 1 aliphatic carbocycles. The second-order valence-electron chi connectivity index (χ2n) is 3.59. The summed E-state index contributed by atoms with van der Waals surface area (Å²) in [5.74, 6) is 0.731. The van der Waals surface area contributed by atoms with Gasteiger partial charge in [-0.15, -0.1) is 0 Å². The molecule has 1 aromatic rings. The third-order valence-electron chi connectivity index (χ3n) is 2.56. The lowest BCUT2D eigenvalue weighted by Crippen LogP contribution is -2.35. The molecule has 0 atom stereocenters. The van der Waals surface area contributed by atoms with Crippen LogP contribution in [0.4, 0.5) is 0 Å². The van der Waals surface area contributed by atoms with E-state index < -0.39 is 0 Å². The van der Waals surface area contributed by atoms with Crippen LogP contribution in [-0.2, 0) is 5.54 Å². The summed E-state index contributed by atoms with van der Waals surface area (Å²) in [4.78, 5) is 8.33.